The molecule has 1 aliphatic carbocycles. The lowest BCUT2D eigenvalue weighted by Gasteiger charge is -2.31. The van der Waals surface area contributed by atoms with Crippen molar-refractivity contribution in [3.05, 3.63) is 46.3 Å². The summed E-state index contributed by atoms with van der Waals surface area (Å²) in [5, 5.41) is 16.1. The van der Waals surface area contributed by atoms with Crippen LogP contribution in [0.1, 0.15) is 41.7 Å². The number of nitrogens with one attached hydrogen (secondary N) is 2. The molecule has 1 aliphatic heterocycles. The Hall–Kier alpha value is -2.69. The second-order valence-corrected chi connectivity index (χ2v) is 9.05. The molecule has 6 nitrogen and oxygen atoms in total. The zero-order valence-electron chi connectivity index (χ0n) is 16.9. The third-order valence-electron chi connectivity index (χ3n) is 5.94. The number of fused-ring (bicyclic) bond motifs is 1. The number of carbonyl (C=O) groups excluding carboxylic acids is 2. The Morgan fingerprint density at radius 3 is 2.63 bits per heavy atom. The molecule has 0 saturated carbocycles. The number of likely N-dealkylation sites (tertiary alicyclic amines) is 1. The van der Waals surface area contributed by atoms with Gasteiger partial charge in [-0.1, -0.05) is 18.2 Å². The van der Waals surface area contributed by atoms with Gasteiger partial charge in [-0.15, -0.1) is 11.3 Å². The number of rotatable bonds is 6. The molecule has 2 amide bonds. The van der Waals surface area contributed by atoms with Gasteiger partial charge >= 0.3 is 0 Å². The van der Waals surface area contributed by atoms with Crippen LogP contribution in [0.4, 0.5) is 10.7 Å². The summed E-state index contributed by atoms with van der Waals surface area (Å²) in [6.45, 7) is 2.31. The number of aryl methyl sites for hydroxylation is 1. The molecule has 1 aromatic heterocycles. The lowest BCUT2D eigenvalue weighted by Crippen LogP contribution is -2.39. The van der Waals surface area contributed by atoms with Crippen molar-refractivity contribution in [1.82, 2.24) is 4.90 Å². The molecule has 2 aliphatic rings. The van der Waals surface area contributed by atoms with Crippen molar-refractivity contribution in [3.63, 3.8) is 0 Å². The molecular formula is C23H26N4O2S. The summed E-state index contributed by atoms with van der Waals surface area (Å²) in [6, 6.07) is 11.8. The Morgan fingerprint density at radius 2 is 1.90 bits per heavy atom. The monoisotopic (exact) mass is 422 g/mol. The predicted molar refractivity (Wildman–Crippen MR) is 119 cm³/mol. The fraction of sp³-hybridized carbons (Fsp3) is 0.435. The van der Waals surface area contributed by atoms with Crippen molar-refractivity contribution < 1.29 is 9.59 Å². The van der Waals surface area contributed by atoms with Crippen LogP contribution in [0.25, 0.3) is 0 Å². The van der Waals surface area contributed by atoms with Crippen LogP contribution in [0.5, 0.6) is 0 Å². The number of nitrogens with zero attached hydrogens (tertiary/aromatic N) is 2. The highest BCUT2D eigenvalue weighted by molar-refractivity contribution is 7.16. The van der Waals surface area contributed by atoms with E-state index in [-0.39, 0.29) is 17.7 Å². The zero-order chi connectivity index (χ0) is 20.9. The van der Waals surface area contributed by atoms with Gasteiger partial charge in [0.25, 0.3) is 0 Å². The fourth-order valence-electron chi connectivity index (χ4n) is 4.24. The maximum absolute atomic E-state index is 12.4. The van der Waals surface area contributed by atoms with Gasteiger partial charge in [0, 0.05) is 29.4 Å². The average Bonchev–Trinajstić information content (AvgIpc) is 3.34. The van der Waals surface area contributed by atoms with Crippen molar-refractivity contribution in [2.24, 2.45) is 5.92 Å². The number of para-hydroxylation sites is 1. The molecule has 0 atom stereocenters. The minimum absolute atomic E-state index is 0.0157. The lowest BCUT2D eigenvalue weighted by atomic mass is 9.95. The molecule has 4 rings (SSSR count). The molecule has 30 heavy (non-hydrogen) atoms. The van der Waals surface area contributed by atoms with Gasteiger partial charge in [0.15, 0.2) is 0 Å². The fourth-order valence-corrected chi connectivity index (χ4v) is 5.50. The van der Waals surface area contributed by atoms with Gasteiger partial charge in [-0.2, -0.15) is 5.26 Å². The van der Waals surface area contributed by atoms with Crippen LogP contribution in [0.2, 0.25) is 0 Å². The standard InChI is InChI=1S/C23H26N4O2S/c24-15-19-18-7-4-8-20(18)30-23(19)26-21(28)11-14-27-12-9-16(10-13-27)22(29)25-17-5-2-1-3-6-17/h1-3,5-6,16H,4,7-14H2,(H,25,29)(H,26,28). The maximum Gasteiger partial charge on any atom is 0.227 e. The molecule has 1 fully saturated rings. The second-order valence-electron chi connectivity index (χ2n) is 7.94. The normalized spacial score (nSPS) is 16.6. The summed E-state index contributed by atoms with van der Waals surface area (Å²) >= 11 is 1.55. The summed E-state index contributed by atoms with van der Waals surface area (Å²) in [4.78, 5) is 28.4. The number of benzene rings is 1. The highest BCUT2D eigenvalue weighted by Crippen LogP contribution is 2.38. The molecular weight excluding hydrogens is 396 g/mol. The molecule has 2 heterocycles. The van der Waals surface area contributed by atoms with E-state index in [2.05, 4.69) is 21.6 Å². The van der Waals surface area contributed by atoms with Crippen molar-refractivity contribution in [2.45, 2.75) is 38.5 Å². The van der Waals surface area contributed by atoms with Crippen LogP contribution >= 0.6 is 11.3 Å². The number of hydrogen-bond acceptors (Lipinski definition) is 5. The summed E-state index contributed by atoms with van der Waals surface area (Å²) in [5.41, 5.74) is 2.62. The molecule has 0 spiro atoms. The minimum Gasteiger partial charge on any atom is -0.326 e. The highest BCUT2D eigenvalue weighted by atomic mass is 32.1. The van der Waals surface area contributed by atoms with E-state index in [0.717, 1.165) is 56.4 Å². The Bertz CT molecular complexity index is 956. The lowest BCUT2D eigenvalue weighted by molar-refractivity contribution is -0.121. The third kappa shape index (κ3) is 4.72. The largest absolute Gasteiger partial charge is 0.326 e. The molecule has 0 radical (unpaired) electrons. The van der Waals surface area contributed by atoms with E-state index in [4.69, 9.17) is 0 Å². The zero-order valence-corrected chi connectivity index (χ0v) is 17.8. The first kappa shape index (κ1) is 20.6. The van der Waals surface area contributed by atoms with E-state index in [1.165, 1.54) is 4.88 Å². The van der Waals surface area contributed by atoms with E-state index in [0.29, 0.717) is 23.5 Å². The number of nitriles is 1. The number of hydrogen-bond donors (Lipinski definition) is 2. The first-order valence-corrected chi connectivity index (χ1v) is 11.4. The number of amides is 2. The number of anilines is 2. The Kier molecular flexibility index (Phi) is 6.46. The molecule has 0 bridgehead atoms. The van der Waals surface area contributed by atoms with Crippen molar-refractivity contribution >= 4 is 33.8 Å². The number of thiophene rings is 1. The van der Waals surface area contributed by atoms with Crippen LogP contribution in [-0.2, 0) is 22.4 Å². The predicted octanol–water partition coefficient (Wildman–Crippen LogP) is 3.79. The van der Waals surface area contributed by atoms with Gasteiger partial charge in [-0.3, -0.25) is 9.59 Å². The van der Waals surface area contributed by atoms with Crippen molar-refractivity contribution in [2.75, 3.05) is 30.3 Å². The summed E-state index contributed by atoms with van der Waals surface area (Å²) in [6.07, 6.45) is 5.06. The smallest absolute Gasteiger partial charge is 0.227 e. The SMILES string of the molecule is N#Cc1c(NC(=O)CCN2CCC(C(=O)Nc3ccccc3)CC2)sc2c1CCC2. The minimum atomic E-state index is -0.0460. The molecule has 2 N–H and O–H groups in total. The molecule has 0 unspecified atom stereocenters. The van der Waals surface area contributed by atoms with E-state index in [1.54, 1.807) is 11.3 Å². The molecule has 1 aromatic carbocycles. The van der Waals surface area contributed by atoms with E-state index in [1.807, 2.05) is 30.3 Å². The summed E-state index contributed by atoms with van der Waals surface area (Å²) in [7, 11) is 0. The molecule has 156 valence electrons. The van der Waals surface area contributed by atoms with E-state index >= 15 is 0 Å². The summed E-state index contributed by atoms with van der Waals surface area (Å²) < 4.78 is 0. The van der Waals surface area contributed by atoms with Gasteiger partial charge in [-0.25, -0.2) is 0 Å². The molecule has 7 heteroatoms. The van der Waals surface area contributed by atoms with Gasteiger partial charge in [0.2, 0.25) is 11.8 Å². The highest BCUT2D eigenvalue weighted by Gasteiger charge is 2.26. The van der Waals surface area contributed by atoms with Crippen LogP contribution in [0.15, 0.2) is 30.3 Å². The van der Waals surface area contributed by atoms with Gasteiger partial charge in [0.05, 0.1) is 5.56 Å². The number of piperidine rings is 1. The molecule has 2 aromatic rings. The van der Waals surface area contributed by atoms with Gasteiger partial charge in [0.1, 0.15) is 11.1 Å². The van der Waals surface area contributed by atoms with Crippen LogP contribution in [0, 0.1) is 17.2 Å². The first-order valence-electron chi connectivity index (χ1n) is 10.6. The summed E-state index contributed by atoms with van der Waals surface area (Å²) in [5.74, 6) is 0.0470. The molecule has 1 saturated heterocycles. The van der Waals surface area contributed by atoms with Gasteiger partial charge in [-0.05, 0) is 62.9 Å². The van der Waals surface area contributed by atoms with E-state index in [9.17, 15) is 14.9 Å². The Morgan fingerprint density at radius 1 is 1.13 bits per heavy atom. The van der Waals surface area contributed by atoms with Gasteiger partial charge < -0.3 is 15.5 Å². The second kappa shape index (κ2) is 9.41. The Balaban J connectivity index is 1.21. The average molecular weight is 423 g/mol. The van der Waals surface area contributed by atoms with Crippen molar-refractivity contribution in [3.8, 4) is 6.07 Å². The van der Waals surface area contributed by atoms with Crippen molar-refractivity contribution in [1.29, 1.82) is 5.26 Å². The van der Waals surface area contributed by atoms with Crippen LogP contribution < -0.4 is 10.6 Å². The third-order valence-corrected chi connectivity index (χ3v) is 7.15. The van der Waals surface area contributed by atoms with E-state index < -0.39 is 0 Å². The quantitative estimate of drug-likeness (QED) is 0.742. The van der Waals surface area contributed by atoms with Crippen LogP contribution in [0.3, 0.4) is 0 Å². The maximum atomic E-state index is 12.4. The Labute approximate surface area is 180 Å². The number of carbonyl (C=O) groups is 2. The van der Waals surface area contributed by atoms with Crippen LogP contribution in [-0.4, -0.2) is 36.3 Å². The topological polar surface area (TPSA) is 85.2 Å². The first-order chi connectivity index (χ1) is 14.6.